The number of nitrogens with one attached hydrogen (secondary N) is 1. The van der Waals surface area contributed by atoms with Crippen LogP contribution in [0.15, 0.2) is 11.1 Å². The Bertz CT molecular complexity index is 913. The lowest BCUT2D eigenvalue weighted by Gasteiger charge is -2.13. The van der Waals surface area contributed by atoms with Crippen LogP contribution in [-0.2, 0) is 21.0 Å². The Labute approximate surface area is 143 Å². The largest absolute Gasteiger partial charge is 0.462 e. The third-order valence-electron chi connectivity index (χ3n) is 2.99. The average Bonchev–Trinajstić information content (AvgIpc) is 2.95. The van der Waals surface area contributed by atoms with Gasteiger partial charge in [0.1, 0.15) is 19.3 Å². The van der Waals surface area contributed by atoms with Crippen LogP contribution < -0.4 is 17.0 Å². The second-order valence-electron chi connectivity index (χ2n) is 5.47. The van der Waals surface area contributed by atoms with Crippen molar-refractivity contribution in [3.63, 3.8) is 0 Å². The van der Waals surface area contributed by atoms with E-state index >= 15 is 0 Å². The minimum absolute atomic E-state index is 0.0218. The smallest absolute Gasteiger partial charge is 0.322 e. The summed E-state index contributed by atoms with van der Waals surface area (Å²) in [7, 11) is 0. The van der Waals surface area contributed by atoms with Gasteiger partial charge in [-0.25, -0.2) is 4.98 Å². The molecule has 0 aliphatic carbocycles. The predicted molar refractivity (Wildman–Crippen MR) is 86.9 cm³/mol. The number of fused-ring (bicyclic) bond motifs is 1. The van der Waals surface area contributed by atoms with E-state index in [1.54, 1.807) is 0 Å². The van der Waals surface area contributed by atoms with Crippen LogP contribution in [0.5, 0.6) is 0 Å². The molecule has 0 aliphatic rings. The number of H-pyrrole nitrogens is 1. The summed E-state index contributed by atoms with van der Waals surface area (Å²) >= 11 is 0. The number of carbonyl (C=O) groups is 1. The number of aromatic nitrogens is 4. The lowest BCUT2D eigenvalue weighted by molar-refractivity contribution is -0.147. The fraction of sp³-hybridized carbons (Fsp3) is 0.571. The van der Waals surface area contributed by atoms with Crippen molar-refractivity contribution in [3.8, 4) is 0 Å². The SMILES string of the molecule is [2H]C([2H])(OCn1cnc2c(=O)[nH]c(N)nc21)C([2H])([2H])OC(=O)[C@@H](N)CC(C)C. The summed E-state index contributed by atoms with van der Waals surface area (Å²) in [5.41, 5.74) is 10.5. The molecule has 0 amide bonds. The first-order valence-corrected chi connectivity index (χ1v) is 7.17. The maximum absolute atomic E-state index is 11.9. The average molecular weight is 342 g/mol. The van der Waals surface area contributed by atoms with Crippen molar-refractivity contribution in [2.75, 3.05) is 18.9 Å². The van der Waals surface area contributed by atoms with E-state index in [0.717, 1.165) is 10.9 Å². The van der Waals surface area contributed by atoms with Gasteiger partial charge in [-0.15, -0.1) is 0 Å². The molecule has 0 bridgehead atoms. The molecule has 10 nitrogen and oxygen atoms in total. The lowest BCUT2D eigenvalue weighted by atomic mass is 10.1. The zero-order chi connectivity index (χ0) is 21.3. The second kappa shape index (κ2) is 7.88. The molecule has 0 aliphatic heterocycles. The minimum atomic E-state index is -3.13. The molecule has 0 saturated heterocycles. The number of hydrogen-bond donors (Lipinski definition) is 3. The van der Waals surface area contributed by atoms with Crippen molar-refractivity contribution >= 4 is 23.1 Å². The van der Waals surface area contributed by atoms with Gasteiger partial charge >= 0.3 is 5.97 Å². The minimum Gasteiger partial charge on any atom is -0.462 e. The van der Waals surface area contributed by atoms with Crippen LogP contribution in [0.4, 0.5) is 5.95 Å². The van der Waals surface area contributed by atoms with Crippen LogP contribution >= 0.6 is 0 Å². The summed E-state index contributed by atoms with van der Waals surface area (Å²) in [6, 6.07) is -1.10. The van der Waals surface area contributed by atoms with Gasteiger partial charge in [-0.3, -0.25) is 19.1 Å². The highest BCUT2D eigenvalue weighted by molar-refractivity contribution is 5.75. The molecule has 2 aromatic rings. The van der Waals surface area contributed by atoms with Crippen LogP contribution in [0, 0.1) is 5.92 Å². The Morgan fingerprint density at radius 3 is 2.96 bits per heavy atom. The topological polar surface area (TPSA) is 151 Å². The van der Waals surface area contributed by atoms with E-state index in [9.17, 15) is 9.59 Å². The maximum atomic E-state index is 11.9. The molecule has 0 spiro atoms. The molecule has 0 saturated carbocycles. The van der Waals surface area contributed by atoms with E-state index in [2.05, 4.69) is 19.7 Å². The quantitative estimate of drug-likeness (QED) is 0.548. The molecule has 2 rings (SSSR count). The Hall–Kier alpha value is -2.46. The number of ether oxygens (including phenoxy) is 2. The molecular weight excluding hydrogens is 316 g/mol. The summed E-state index contributed by atoms with van der Waals surface area (Å²) < 4.78 is 41.8. The van der Waals surface area contributed by atoms with Gasteiger partial charge in [0.2, 0.25) is 5.95 Å². The number of hydrogen-bond acceptors (Lipinski definition) is 8. The summed E-state index contributed by atoms with van der Waals surface area (Å²) in [4.78, 5) is 33.6. The summed E-state index contributed by atoms with van der Waals surface area (Å²) in [5.74, 6) is -1.19. The molecule has 0 aromatic carbocycles. The molecule has 0 radical (unpaired) electrons. The predicted octanol–water partition coefficient (Wildman–Crippen LogP) is -0.407. The Balaban J connectivity index is 2.12. The molecule has 2 aromatic heterocycles. The van der Waals surface area contributed by atoms with Crippen LogP contribution in [0.1, 0.15) is 25.8 Å². The molecule has 0 unspecified atom stereocenters. The van der Waals surface area contributed by atoms with Crippen molar-refractivity contribution in [2.24, 2.45) is 11.7 Å². The number of anilines is 1. The standard InChI is InChI=1S/C14H22N6O4/c1-8(2)5-9(15)13(22)24-4-3-23-7-20-6-17-10-11(20)18-14(16)19-12(10)21/h6,8-9H,3-5,7,15H2,1-2H3,(H3,16,18,19,21)/t9-/m0/s1/i3D2,4D2. The summed E-state index contributed by atoms with van der Waals surface area (Å²) in [5, 5.41) is 0. The van der Waals surface area contributed by atoms with E-state index in [1.165, 1.54) is 0 Å². The highest BCUT2D eigenvalue weighted by Crippen LogP contribution is 2.06. The molecule has 10 heteroatoms. The zero-order valence-corrected chi connectivity index (χ0v) is 13.3. The van der Waals surface area contributed by atoms with E-state index in [1.807, 2.05) is 13.8 Å². The van der Waals surface area contributed by atoms with Crippen molar-refractivity contribution in [3.05, 3.63) is 16.7 Å². The van der Waals surface area contributed by atoms with Crippen molar-refractivity contribution in [1.29, 1.82) is 0 Å². The fourth-order valence-corrected chi connectivity index (χ4v) is 1.95. The van der Waals surface area contributed by atoms with Crippen molar-refractivity contribution in [2.45, 2.75) is 33.0 Å². The van der Waals surface area contributed by atoms with Crippen LogP contribution in [0.2, 0.25) is 0 Å². The van der Waals surface area contributed by atoms with E-state index in [-0.39, 0.29) is 29.5 Å². The van der Waals surface area contributed by atoms with Crippen molar-refractivity contribution < 1.29 is 19.8 Å². The third kappa shape index (κ3) is 4.52. The zero-order valence-electron chi connectivity index (χ0n) is 17.3. The molecule has 132 valence electrons. The first-order chi connectivity index (χ1) is 12.8. The highest BCUT2D eigenvalue weighted by atomic mass is 16.6. The van der Waals surface area contributed by atoms with Gasteiger partial charge in [0, 0.05) is 0 Å². The summed E-state index contributed by atoms with van der Waals surface area (Å²) in [6.45, 7) is -3.09. The van der Waals surface area contributed by atoms with Crippen LogP contribution in [0.25, 0.3) is 11.2 Å². The van der Waals surface area contributed by atoms with Gasteiger partial charge < -0.3 is 20.9 Å². The number of carbonyl (C=O) groups excluding carboxylic acids is 1. The molecule has 2 heterocycles. The van der Waals surface area contributed by atoms with Crippen LogP contribution in [-0.4, -0.2) is 44.6 Å². The lowest BCUT2D eigenvalue weighted by Crippen LogP contribution is -2.34. The van der Waals surface area contributed by atoms with Gasteiger partial charge in [-0.1, -0.05) is 13.8 Å². The van der Waals surface area contributed by atoms with E-state index in [0.29, 0.717) is 0 Å². The number of nitrogens with two attached hydrogens (primary N) is 2. The Kier molecular flexibility index (Phi) is 4.24. The van der Waals surface area contributed by atoms with Gasteiger partial charge in [-0.05, 0) is 12.3 Å². The normalized spacial score (nSPS) is 16.3. The number of aromatic amines is 1. The molecule has 5 N–H and O–H groups in total. The first-order valence-electron chi connectivity index (χ1n) is 9.17. The summed E-state index contributed by atoms with van der Waals surface area (Å²) in [6.07, 6.45) is 1.41. The van der Waals surface area contributed by atoms with Gasteiger partial charge in [0.05, 0.1) is 18.4 Å². The number of nitrogens with zero attached hydrogens (tertiary/aromatic N) is 3. The number of nitrogen functional groups attached to an aromatic ring is 1. The van der Waals surface area contributed by atoms with Gasteiger partial charge in [0.25, 0.3) is 5.56 Å². The van der Waals surface area contributed by atoms with E-state index < -0.39 is 37.4 Å². The van der Waals surface area contributed by atoms with Gasteiger partial charge in [-0.2, -0.15) is 4.98 Å². The van der Waals surface area contributed by atoms with Gasteiger partial charge in [0.15, 0.2) is 11.2 Å². The molecule has 1 atom stereocenters. The monoisotopic (exact) mass is 342 g/mol. The maximum Gasteiger partial charge on any atom is 0.322 e. The third-order valence-corrected chi connectivity index (χ3v) is 2.99. The Morgan fingerprint density at radius 1 is 1.50 bits per heavy atom. The number of rotatable bonds is 8. The molecular formula is C14H22N6O4. The number of imidazole rings is 1. The Morgan fingerprint density at radius 2 is 2.25 bits per heavy atom. The molecule has 24 heavy (non-hydrogen) atoms. The first kappa shape index (κ1) is 12.9. The highest BCUT2D eigenvalue weighted by Gasteiger charge is 2.16. The molecule has 0 fully saturated rings. The fourth-order valence-electron chi connectivity index (χ4n) is 1.95. The van der Waals surface area contributed by atoms with E-state index in [4.69, 9.17) is 21.7 Å². The number of esters is 1. The van der Waals surface area contributed by atoms with Crippen LogP contribution in [0.3, 0.4) is 0 Å². The second-order valence-corrected chi connectivity index (χ2v) is 5.47. The van der Waals surface area contributed by atoms with Crippen molar-refractivity contribution in [1.82, 2.24) is 19.5 Å².